The summed E-state index contributed by atoms with van der Waals surface area (Å²) in [5.74, 6) is -0.571. The molecule has 0 fully saturated rings. The number of benzene rings is 1. The molecule has 1 aromatic rings. The first-order valence-electron chi connectivity index (χ1n) is 4.68. The predicted octanol–water partition coefficient (Wildman–Crippen LogP) is 1.67. The Hall–Kier alpha value is -1.61. The first-order valence-corrected chi connectivity index (χ1v) is 4.68. The molecule has 1 rings (SSSR count). The molecule has 1 N–H and O–H groups in total. The van der Waals surface area contributed by atoms with Gasteiger partial charge in [-0.3, -0.25) is 0 Å². The van der Waals surface area contributed by atoms with E-state index in [9.17, 15) is 9.90 Å². The monoisotopic (exact) mass is 206 g/mol. The third kappa shape index (κ3) is 3.95. The highest BCUT2D eigenvalue weighted by atomic mass is 16.6. The Balaban J connectivity index is 2.46. The Morgan fingerprint density at radius 2 is 2.07 bits per heavy atom. The molecule has 1 atom stereocenters. The molecule has 0 spiro atoms. The van der Waals surface area contributed by atoms with Crippen molar-refractivity contribution in [3.05, 3.63) is 48.0 Å². The van der Waals surface area contributed by atoms with Gasteiger partial charge in [0.05, 0.1) is 0 Å². The van der Waals surface area contributed by atoms with Crippen molar-refractivity contribution in [1.82, 2.24) is 0 Å². The lowest BCUT2D eigenvalue weighted by Crippen LogP contribution is -2.20. The Morgan fingerprint density at radius 3 is 2.60 bits per heavy atom. The summed E-state index contributed by atoms with van der Waals surface area (Å²) in [6, 6.07) is 9.33. The molecule has 0 bridgehead atoms. The quantitative estimate of drug-likeness (QED) is 0.463. The zero-order valence-electron chi connectivity index (χ0n) is 8.64. The molecule has 0 aromatic heterocycles. The van der Waals surface area contributed by atoms with Gasteiger partial charge >= 0.3 is 5.97 Å². The molecule has 0 saturated heterocycles. The molecule has 15 heavy (non-hydrogen) atoms. The van der Waals surface area contributed by atoms with E-state index < -0.39 is 12.3 Å². The number of ether oxygens (including phenoxy) is 1. The molecule has 0 amide bonds. The maximum atomic E-state index is 11.1. The predicted molar refractivity (Wildman–Crippen MR) is 57.1 cm³/mol. The smallest absolute Gasteiger partial charge is 0.335 e. The average Bonchev–Trinajstić information content (AvgIpc) is 2.18. The fourth-order valence-corrected chi connectivity index (χ4v) is 1.08. The number of aliphatic hydroxyl groups excluding tert-OH is 1. The molecule has 0 aliphatic carbocycles. The van der Waals surface area contributed by atoms with Crippen LogP contribution >= 0.6 is 0 Å². The number of hydrogen-bond acceptors (Lipinski definition) is 3. The third-order valence-electron chi connectivity index (χ3n) is 1.84. The SMILES string of the molecule is C=C(C)C(=O)OC(O)Cc1ccccc1. The van der Waals surface area contributed by atoms with E-state index in [-0.39, 0.29) is 5.57 Å². The first-order chi connectivity index (χ1) is 7.09. The number of hydrogen-bond donors (Lipinski definition) is 1. The van der Waals surface area contributed by atoms with E-state index in [0.29, 0.717) is 6.42 Å². The maximum absolute atomic E-state index is 11.1. The van der Waals surface area contributed by atoms with E-state index in [0.717, 1.165) is 5.56 Å². The third-order valence-corrected chi connectivity index (χ3v) is 1.84. The standard InChI is InChI=1S/C12H14O3/c1-9(2)12(14)15-11(13)8-10-6-4-3-5-7-10/h3-7,11,13H,1,8H2,2H3. The second kappa shape index (κ2) is 5.32. The van der Waals surface area contributed by atoms with Gasteiger partial charge < -0.3 is 9.84 Å². The van der Waals surface area contributed by atoms with E-state index in [1.165, 1.54) is 6.92 Å². The Labute approximate surface area is 89.0 Å². The van der Waals surface area contributed by atoms with Gasteiger partial charge in [0, 0.05) is 12.0 Å². The minimum absolute atomic E-state index is 0.280. The highest BCUT2D eigenvalue weighted by Gasteiger charge is 2.11. The molecule has 1 aromatic carbocycles. The lowest BCUT2D eigenvalue weighted by Gasteiger charge is -2.11. The van der Waals surface area contributed by atoms with E-state index >= 15 is 0 Å². The largest absolute Gasteiger partial charge is 0.432 e. The second-order valence-corrected chi connectivity index (χ2v) is 3.33. The van der Waals surface area contributed by atoms with Gasteiger partial charge in [0.2, 0.25) is 6.29 Å². The lowest BCUT2D eigenvalue weighted by atomic mass is 10.1. The molecule has 1 unspecified atom stereocenters. The molecule has 0 radical (unpaired) electrons. The van der Waals surface area contributed by atoms with Gasteiger partial charge in [-0.15, -0.1) is 0 Å². The van der Waals surface area contributed by atoms with Gasteiger partial charge in [0.15, 0.2) is 0 Å². The van der Waals surface area contributed by atoms with Crippen LogP contribution in [0.4, 0.5) is 0 Å². The van der Waals surface area contributed by atoms with Crippen molar-refractivity contribution in [2.45, 2.75) is 19.6 Å². The minimum Gasteiger partial charge on any atom is -0.432 e. The number of carbonyl (C=O) groups is 1. The normalized spacial score (nSPS) is 11.9. The summed E-state index contributed by atoms with van der Waals surface area (Å²) >= 11 is 0. The molecule has 80 valence electrons. The van der Waals surface area contributed by atoms with Crippen molar-refractivity contribution >= 4 is 5.97 Å². The van der Waals surface area contributed by atoms with Gasteiger partial charge in [-0.1, -0.05) is 36.9 Å². The molecule has 0 heterocycles. The second-order valence-electron chi connectivity index (χ2n) is 3.33. The van der Waals surface area contributed by atoms with Crippen molar-refractivity contribution in [3.8, 4) is 0 Å². The van der Waals surface area contributed by atoms with Gasteiger partial charge in [-0.25, -0.2) is 4.79 Å². The first kappa shape index (κ1) is 11.5. The van der Waals surface area contributed by atoms with Crippen molar-refractivity contribution in [2.24, 2.45) is 0 Å². The molecule has 3 nitrogen and oxygen atoms in total. The van der Waals surface area contributed by atoms with Crippen LogP contribution in [0.1, 0.15) is 12.5 Å². The fraction of sp³-hybridized carbons (Fsp3) is 0.250. The molecule has 0 saturated carbocycles. The maximum Gasteiger partial charge on any atom is 0.335 e. The van der Waals surface area contributed by atoms with E-state index in [2.05, 4.69) is 6.58 Å². The van der Waals surface area contributed by atoms with E-state index in [1.807, 2.05) is 30.3 Å². The van der Waals surface area contributed by atoms with Gasteiger partial charge in [0.25, 0.3) is 0 Å². The van der Waals surface area contributed by atoms with Crippen molar-refractivity contribution < 1.29 is 14.6 Å². The van der Waals surface area contributed by atoms with Crippen LogP contribution in [0.3, 0.4) is 0 Å². The van der Waals surface area contributed by atoms with Crippen LogP contribution in [0.2, 0.25) is 0 Å². The van der Waals surface area contributed by atoms with Gasteiger partial charge in [0.1, 0.15) is 0 Å². The van der Waals surface area contributed by atoms with Crippen LogP contribution in [-0.4, -0.2) is 17.4 Å². The molecular formula is C12H14O3. The van der Waals surface area contributed by atoms with Crippen LogP contribution in [-0.2, 0) is 16.0 Å². The molecular weight excluding hydrogens is 192 g/mol. The van der Waals surface area contributed by atoms with Crippen LogP contribution < -0.4 is 0 Å². The molecule has 0 aliphatic rings. The average molecular weight is 206 g/mol. The minimum atomic E-state index is -1.11. The van der Waals surface area contributed by atoms with Crippen LogP contribution in [0.25, 0.3) is 0 Å². The highest BCUT2D eigenvalue weighted by Crippen LogP contribution is 2.05. The summed E-state index contributed by atoms with van der Waals surface area (Å²) in [5, 5.41) is 9.44. The van der Waals surface area contributed by atoms with Crippen LogP contribution in [0.5, 0.6) is 0 Å². The summed E-state index contributed by atoms with van der Waals surface area (Å²) in [5.41, 5.74) is 1.20. The van der Waals surface area contributed by atoms with Crippen LogP contribution in [0.15, 0.2) is 42.5 Å². The Kier molecular flexibility index (Phi) is 4.06. The summed E-state index contributed by atoms with van der Waals surface area (Å²) < 4.78 is 4.73. The summed E-state index contributed by atoms with van der Waals surface area (Å²) in [4.78, 5) is 11.1. The number of aliphatic hydroxyl groups is 1. The highest BCUT2D eigenvalue weighted by molar-refractivity contribution is 5.86. The van der Waals surface area contributed by atoms with Crippen molar-refractivity contribution in [3.63, 3.8) is 0 Å². The zero-order valence-corrected chi connectivity index (χ0v) is 8.64. The molecule has 3 heteroatoms. The zero-order chi connectivity index (χ0) is 11.3. The number of rotatable bonds is 4. The number of esters is 1. The lowest BCUT2D eigenvalue weighted by molar-refractivity contribution is -0.162. The summed E-state index contributed by atoms with van der Waals surface area (Å²) in [7, 11) is 0. The Morgan fingerprint density at radius 1 is 1.47 bits per heavy atom. The van der Waals surface area contributed by atoms with E-state index in [4.69, 9.17) is 4.74 Å². The topological polar surface area (TPSA) is 46.5 Å². The fourth-order valence-electron chi connectivity index (χ4n) is 1.08. The van der Waals surface area contributed by atoms with Gasteiger partial charge in [-0.2, -0.15) is 0 Å². The van der Waals surface area contributed by atoms with Crippen molar-refractivity contribution in [1.29, 1.82) is 0 Å². The van der Waals surface area contributed by atoms with E-state index in [1.54, 1.807) is 0 Å². The number of carbonyl (C=O) groups excluding carboxylic acids is 1. The Bertz CT molecular complexity index is 343. The summed E-state index contributed by atoms with van der Waals surface area (Å²) in [6.07, 6.45) is -0.823. The summed E-state index contributed by atoms with van der Waals surface area (Å²) in [6.45, 7) is 4.97. The van der Waals surface area contributed by atoms with Crippen LogP contribution in [0, 0.1) is 0 Å². The van der Waals surface area contributed by atoms with Crippen molar-refractivity contribution in [2.75, 3.05) is 0 Å². The molecule has 0 aliphatic heterocycles. The van der Waals surface area contributed by atoms with Gasteiger partial charge in [-0.05, 0) is 12.5 Å².